The quantitative estimate of drug-likeness (QED) is 0.373. The summed E-state index contributed by atoms with van der Waals surface area (Å²) in [5, 5.41) is 18.7. The number of hydrogen-bond acceptors (Lipinski definition) is 6. The third-order valence-corrected chi connectivity index (χ3v) is 6.00. The molecule has 0 saturated heterocycles. The van der Waals surface area contributed by atoms with Gasteiger partial charge in [0, 0.05) is 35.6 Å². The van der Waals surface area contributed by atoms with Crippen molar-refractivity contribution in [2.45, 2.75) is 44.6 Å². The number of anilines is 1. The number of nitrogens with one attached hydrogen (secondary N) is 3. The smallest absolute Gasteiger partial charge is 0.275 e. The normalized spacial score (nSPS) is 15.1. The second kappa shape index (κ2) is 8.54. The van der Waals surface area contributed by atoms with Crippen molar-refractivity contribution in [2.24, 2.45) is 0 Å². The van der Waals surface area contributed by atoms with E-state index in [9.17, 15) is 4.79 Å². The molecule has 3 aromatic rings. The van der Waals surface area contributed by atoms with E-state index in [1.54, 1.807) is 35.4 Å². The summed E-state index contributed by atoms with van der Waals surface area (Å²) in [6.45, 7) is 1.96. The molecule has 0 unspecified atom stereocenters. The number of aryl methyl sites for hydroxylation is 1. The highest BCUT2D eigenvalue weighted by Gasteiger charge is 2.30. The minimum absolute atomic E-state index is 0.154. The summed E-state index contributed by atoms with van der Waals surface area (Å²) < 4.78 is 0. The number of amides is 1. The Morgan fingerprint density at radius 1 is 1.09 bits per heavy atom. The topological polar surface area (TPSA) is 119 Å². The molecule has 166 valence electrons. The van der Waals surface area contributed by atoms with Crippen molar-refractivity contribution in [1.29, 1.82) is 10.8 Å². The monoisotopic (exact) mass is 439 g/mol. The lowest BCUT2D eigenvalue weighted by atomic mass is 10.0. The minimum Gasteiger partial charge on any atom is -0.313 e. The first-order valence-corrected chi connectivity index (χ1v) is 11.1. The highest BCUT2D eigenvalue weighted by molar-refractivity contribution is 6.04. The molecule has 3 N–H and O–H groups in total. The van der Waals surface area contributed by atoms with Crippen molar-refractivity contribution in [2.75, 3.05) is 5.32 Å². The van der Waals surface area contributed by atoms with Gasteiger partial charge in [-0.2, -0.15) is 0 Å². The zero-order valence-electron chi connectivity index (χ0n) is 18.4. The number of amidine groups is 1. The van der Waals surface area contributed by atoms with Gasteiger partial charge in [0.05, 0.1) is 6.34 Å². The standard InChI is InChI=1S/C25H25N7O/c1-15-12-28-22(11-19(15)17-7-10-20(29-13-17)16-5-6-16)25(33)31-23-4-2-3-21(30-23)24(27)32(14-26)18-8-9-18/h2-4,7,10-14,16,18,26-27H,5-6,8-9H2,1H3,(H,30,31,33). The molecule has 0 aliphatic heterocycles. The molecule has 2 saturated carbocycles. The number of aromatic nitrogens is 3. The van der Waals surface area contributed by atoms with Gasteiger partial charge in [0.25, 0.3) is 5.91 Å². The van der Waals surface area contributed by atoms with Gasteiger partial charge in [-0.25, -0.2) is 4.98 Å². The van der Waals surface area contributed by atoms with Crippen LogP contribution in [0.1, 0.15) is 59.0 Å². The maximum atomic E-state index is 12.9. The molecule has 2 aliphatic rings. The zero-order valence-corrected chi connectivity index (χ0v) is 18.4. The summed E-state index contributed by atoms with van der Waals surface area (Å²) in [4.78, 5) is 27.8. The van der Waals surface area contributed by atoms with Gasteiger partial charge in [0.15, 0.2) is 5.84 Å². The fourth-order valence-corrected chi connectivity index (χ4v) is 3.80. The van der Waals surface area contributed by atoms with Crippen LogP contribution in [0.2, 0.25) is 0 Å². The van der Waals surface area contributed by atoms with E-state index in [2.05, 4.69) is 32.4 Å². The van der Waals surface area contributed by atoms with E-state index >= 15 is 0 Å². The van der Waals surface area contributed by atoms with Crippen LogP contribution in [0.25, 0.3) is 11.1 Å². The summed E-state index contributed by atoms with van der Waals surface area (Å²) in [5.41, 5.74) is 4.65. The van der Waals surface area contributed by atoms with Crippen molar-refractivity contribution in [3.63, 3.8) is 0 Å². The van der Waals surface area contributed by atoms with Crippen LogP contribution >= 0.6 is 0 Å². The van der Waals surface area contributed by atoms with Gasteiger partial charge >= 0.3 is 0 Å². The molecule has 3 heterocycles. The predicted octanol–water partition coefficient (Wildman–Crippen LogP) is 4.37. The summed E-state index contributed by atoms with van der Waals surface area (Å²) >= 11 is 0. The molecule has 3 aromatic heterocycles. The van der Waals surface area contributed by atoms with Gasteiger partial charge < -0.3 is 10.2 Å². The maximum Gasteiger partial charge on any atom is 0.275 e. The van der Waals surface area contributed by atoms with E-state index in [1.807, 2.05) is 13.1 Å². The van der Waals surface area contributed by atoms with Crippen molar-refractivity contribution >= 4 is 23.9 Å². The van der Waals surface area contributed by atoms with Crippen LogP contribution in [0.4, 0.5) is 5.82 Å². The van der Waals surface area contributed by atoms with Gasteiger partial charge in [-0.05, 0) is 68.0 Å². The molecule has 8 heteroatoms. The molecule has 0 aromatic carbocycles. The van der Waals surface area contributed by atoms with E-state index < -0.39 is 0 Å². The fraction of sp³-hybridized carbons (Fsp3) is 0.280. The van der Waals surface area contributed by atoms with Gasteiger partial charge in [-0.15, -0.1) is 0 Å². The van der Waals surface area contributed by atoms with E-state index in [1.165, 1.54) is 12.8 Å². The van der Waals surface area contributed by atoms with Crippen molar-refractivity contribution < 1.29 is 4.79 Å². The average Bonchev–Trinajstić information content (AvgIpc) is 3.74. The summed E-state index contributed by atoms with van der Waals surface area (Å²) in [6.07, 6.45) is 9.07. The van der Waals surface area contributed by atoms with E-state index in [4.69, 9.17) is 10.8 Å². The third-order valence-electron chi connectivity index (χ3n) is 6.00. The first-order valence-electron chi connectivity index (χ1n) is 11.1. The number of pyridine rings is 3. The molecular weight excluding hydrogens is 414 g/mol. The van der Waals surface area contributed by atoms with Crippen LogP contribution in [-0.2, 0) is 0 Å². The molecule has 5 rings (SSSR count). The first-order chi connectivity index (χ1) is 16.0. The molecule has 2 fully saturated rings. The Kier molecular flexibility index (Phi) is 5.42. The second-order valence-corrected chi connectivity index (χ2v) is 8.61. The van der Waals surface area contributed by atoms with Crippen molar-refractivity contribution in [1.82, 2.24) is 19.9 Å². The Labute approximate surface area is 192 Å². The van der Waals surface area contributed by atoms with Crippen molar-refractivity contribution in [3.8, 4) is 11.1 Å². The molecule has 8 nitrogen and oxygen atoms in total. The lowest BCUT2D eigenvalue weighted by Crippen LogP contribution is -2.32. The average molecular weight is 440 g/mol. The molecule has 0 atom stereocenters. The zero-order chi connectivity index (χ0) is 22.9. The van der Waals surface area contributed by atoms with Crippen molar-refractivity contribution in [3.05, 3.63) is 71.4 Å². The number of hydrogen-bond donors (Lipinski definition) is 3. The Morgan fingerprint density at radius 3 is 2.58 bits per heavy atom. The molecule has 1 amide bonds. The summed E-state index contributed by atoms with van der Waals surface area (Å²) in [6, 6.07) is 11.2. The third kappa shape index (κ3) is 4.50. The molecule has 33 heavy (non-hydrogen) atoms. The minimum atomic E-state index is -0.374. The molecule has 2 aliphatic carbocycles. The molecular formula is C25H25N7O. The van der Waals surface area contributed by atoms with Crippen LogP contribution in [0.5, 0.6) is 0 Å². The molecule has 0 bridgehead atoms. The Morgan fingerprint density at radius 2 is 1.91 bits per heavy atom. The number of nitrogens with zero attached hydrogens (tertiary/aromatic N) is 4. The fourth-order valence-electron chi connectivity index (χ4n) is 3.80. The predicted molar refractivity (Wildman–Crippen MR) is 127 cm³/mol. The van der Waals surface area contributed by atoms with Gasteiger partial charge in [-0.1, -0.05) is 12.1 Å². The Hall–Kier alpha value is -3.94. The van der Waals surface area contributed by atoms with Gasteiger partial charge in [-0.3, -0.25) is 25.6 Å². The number of carbonyl (C=O) groups is 1. The highest BCUT2D eigenvalue weighted by Crippen LogP contribution is 2.39. The van der Waals surface area contributed by atoms with Crippen LogP contribution in [0.15, 0.2) is 48.8 Å². The number of rotatable bonds is 7. The van der Waals surface area contributed by atoms with Crippen LogP contribution in [-0.4, -0.2) is 44.0 Å². The molecule has 0 radical (unpaired) electrons. The summed E-state index contributed by atoms with van der Waals surface area (Å²) in [7, 11) is 0. The van der Waals surface area contributed by atoms with Crippen LogP contribution in [0, 0.1) is 17.7 Å². The Balaban J connectivity index is 1.34. The Bertz CT molecular complexity index is 1230. The van der Waals surface area contributed by atoms with E-state index in [0.717, 1.165) is 41.6 Å². The first kappa shape index (κ1) is 20.9. The van der Waals surface area contributed by atoms with Gasteiger partial charge in [0.2, 0.25) is 0 Å². The van der Waals surface area contributed by atoms with Crippen LogP contribution < -0.4 is 5.32 Å². The maximum absolute atomic E-state index is 12.9. The number of carbonyl (C=O) groups excluding carboxylic acids is 1. The SMILES string of the molecule is Cc1cnc(C(=O)Nc2cccc(C(=N)N(C=N)C3CC3)n2)cc1-c1ccc(C2CC2)nc1. The largest absolute Gasteiger partial charge is 0.313 e. The van der Waals surface area contributed by atoms with Crippen LogP contribution in [0.3, 0.4) is 0 Å². The lowest BCUT2D eigenvalue weighted by molar-refractivity contribution is 0.102. The molecule has 0 spiro atoms. The van der Waals surface area contributed by atoms with E-state index in [0.29, 0.717) is 17.4 Å². The second-order valence-electron chi connectivity index (χ2n) is 8.61. The summed E-state index contributed by atoms with van der Waals surface area (Å²) in [5.74, 6) is 0.712. The van der Waals surface area contributed by atoms with E-state index in [-0.39, 0.29) is 23.5 Å². The lowest BCUT2D eigenvalue weighted by Gasteiger charge is -2.18. The van der Waals surface area contributed by atoms with Gasteiger partial charge in [0.1, 0.15) is 17.2 Å². The highest BCUT2D eigenvalue weighted by atomic mass is 16.1.